The largest absolute Gasteiger partial charge is 0.409 e. The van der Waals surface area contributed by atoms with Gasteiger partial charge in [-0.3, -0.25) is 0 Å². The first-order chi connectivity index (χ1) is 12.7. The maximum absolute atomic E-state index is 8.75. The van der Waals surface area contributed by atoms with Crippen LogP contribution in [0.25, 0.3) is 27.7 Å². The number of rotatable bonds is 3. The van der Waals surface area contributed by atoms with Crippen molar-refractivity contribution in [1.29, 1.82) is 0 Å². The molecule has 0 fully saturated rings. The zero-order valence-electron chi connectivity index (χ0n) is 13.7. The van der Waals surface area contributed by atoms with E-state index in [4.69, 9.17) is 16.7 Å². The second-order valence-electron chi connectivity index (χ2n) is 5.82. The number of aromatic nitrogens is 3. The Kier molecular flexibility index (Phi) is 3.74. The summed E-state index contributed by atoms with van der Waals surface area (Å²) < 4.78 is 1.78. The van der Waals surface area contributed by atoms with Crippen molar-refractivity contribution >= 4 is 22.6 Å². The van der Waals surface area contributed by atoms with Crippen LogP contribution in [0.4, 0.5) is 5.82 Å². The first kappa shape index (κ1) is 15.6. The maximum Gasteiger partial charge on any atom is 0.170 e. The molecule has 0 aliphatic carbocycles. The Balaban J connectivity index is 1.75. The van der Waals surface area contributed by atoms with Crippen LogP contribution in [0.15, 0.2) is 72.1 Å². The van der Waals surface area contributed by atoms with Gasteiger partial charge < -0.3 is 16.7 Å². The van der Waals surface area contributed by atoms with Gasteiger partial charge >= 0.3 is 0 Å². The predicted molar refractivity (Wildman–Crippen MR) is 101 cm³/mol. The van der Waals surface area contributed by atoms with E-state index in [9.17, 15) is 0 Å². The molecular weight excluding hydrogens is 328 g/mol. The van der Waals surface area contributed by atoms with Gasteiger partial charge in [-0.05, 0) is 11.6 Å². The Hall–Kier alpha value is -3.87. The summed E-state index contributed by atoms with van der Waals surface area (Å²) in [6.45, 7) is 0. The van der Waals surface area contributed by atoms with E-state index in [-0.39, 0.29) is 5.84 Å². The van der Waals surface area contributed by atoms with Gasteiger partial charge in [-0.2, -0.15) is 5.10 Å². The van der Waals surface area contributed by atoms with Gasteiger partial charge in [0.25, 0.3) is 0 Å². The molecule has 0 bridgehead atoms. The third-order valence-corrected chi connectivity index (χ3v) is 4.17. The molecule has 0 saturated carbocycles. The van der Waals surface area contributed by atoms with E-state index in [2.05, 4.69) is 15.2 Å². The first-order valence-electron chi connectivity index (χ1n) is 7.94. The van der Waals surface area contributed by atoms with Crippen molar-refractivity contribution in [3.8, 4) is 16.8 Å². The molecule has 128 valence electrons. The van der Waals surface area contributed by atoms with Crippen LogP contribution in [0.5, 0.6) is 0 Å². The minimum absolute atomic E-state index is 0.0750. The van der Waals surface area contributed by atoms with E-state index >= 15 is 0 Å². The van der Waals surface area contributed by atoms with Crippen LogP contribution in [-0.4, -0.2) is 25.8 Å². The number of anilines is 1. The second-order valence-corrected chi connectivity index (χ2v) is 5.82. The molecule has 0 atom stereocenters. The minimum Gasteiger partial charge on any atom is -0.409 e. The number of nitrogens with two attached hydrogens (primary N) is 2. The standard InChI is InChI=1S/C19H16N6O/c20-18-9-17(15-3-1-2-4-16(15)23-18)25-11-14(10-22-25)12-5-7-13(8-6-12)19(21)24-26/h1-11,26H,(H2,20,23)(H2,21,24). The van der Waals surface area contributed by atoms with Crippen molar-refractivity contribution in [2.75, 3.05) is 5.73 Å². The number of amidine groups is 1. The van der Waals surface area contributed by atoms with Crippen molar-refractivity contribution in [2.24, 2.45) is 10.9 Å². The molecule has 0 amide bonds. The zero-order valence-corrected chi connectivity index (χ0v) is 13.7. The van der Waals surface area contributed by atoms with Crippen LogP contribution in [0.3, 0.4) is 0 Å². The van der Waals surface area contributed by atoms with Gasteiger partial charge in [0.15, 0.2) is 5.84 Å². The highest BCUT2D eigenvalue weighted by molar-refractivity contribution is 5.97. The van der Waals surface area contributed by atoms with E-state index in [1.165, 1.54) is 0 Å². The number of para-hydroxylation sites is 1. The summed E-state index contributed by atoms with van der Waals surface area (Å²) in [6, 6.07) is 17.0. The average molecular weight is 344 g/mol. The lowest BCUT2D eigenvalue weighted by Gasteiger charge is -2.07. The van der Waals surface area contributed by atoms with Crippen molar-refractivity contribution in [2.45, 2.75) is 0 Å². The molecule has 0 aliphatic rings. The molecule has 5 N–H and O–H groups in total. The van der Waals surface area contributed by atoms with Gasteiger partial charge in [-0.1, -0.05) is 47.6 Å². The number of hydrogen-bond donors (Lipinski definition) is 3. The zero-order chi connectivity index (χ0) is 18.1. The van der Waals surface area contributed by atoms with E-state index in [0.717, 1.165) is 27.7 Å². The average Bonchev–Trinajstić information content (AvgIpc) is 3.17. The fourth-order valence-corrected chi connectivity index (χ4v) is 2.86. The molecule has 4 aromatic rings. The molecule has 0 radical (unpaired) electrons. The Labute approximate surface area is 149 Å². The molecule has 2 aromatic carbocycles. The van der Waals surface area contributed by atoms with Gasteiger partial charge in [0.05, 0.1) is 17.4 Å². The molecule has 0 saturated heterocycles. The first-order valence-corrected chi connectivity index (χ1v) is 7.94. The Morgan fingerprint density at radius 1 is 1.04 bits per heavy atom. The summed E-state index contributed by atoms with van der Waals surface area (Å²) in [4.78, 5) is 4.35. The summed E-state index contributed by atoms with van der Waals surface area (Å²) in [5.41, 5.74) is 15.8. The number of oxime groups is 1. The van der Waals surface area contributed by atoms with E-state index < -0.39 is 0 Å². The van der Waals surface area contributed by atoms with Gasteiger partial charge in [0.1, 0.15) is 5.82 Å². The monoisotopic (exact) mass is 344 g/mol. The summed E-state index contributed by atoms with van der Waals surface area (Å²) in [7, 11) is 0. The molecule has 2 aromatic heterocycles. The van der Waals surface area contributed by atoms with E-state index in [0.29, 0.717) is 11.4 Å². The van der Waals surface area contributed by atoms with Crippen LogP contribution in [0.1, 0.15) is 5.56 Å². The summed E-state index contributed by atoms with van der Waals surface area (Å²) in [5, 5.41) is 17.2. The van der Waals surface area contributed by atoms with Gasteiger partial charge in [0, 0.05) is 28.8 Å². The highest BCUT2D eigenvalue weighted by atomic mass is 16.4. The van der Waals surface area contributed by atoms with Gasteiger partial charge in [-0.25, -0.2) is 9.67 Å². The third kappa shape index (κ3) is 2.71. The molecule has 0 unspecified atom stereocenters. The number of hydrogen-bond acceptors (Lipinski definition) is 5. The number of nitrogens with zero attached hydrogens (tertiary/aromatic N) is 4. The lowest BCUT2D eigenvalue weighted by atomic mass is 10.1. The lowest BCUT2D eigenvalue weighted by molar-refractivity contribution is 0.318. The molecule has 26 heavy (non-hydrogen) atoms. The highest BCUT2D eigenvalue weighted by Gasteiger charge is 2.09. The number of nitrogen functional groups attached to an aromatic ring is 1. The molecule has 7 nitrogen and oxygen atoms in total. The van der Waals surface area contributed by atoms with E-state index in [1.807, 2.05) is 42.6 Å². The Morgan fingerprint density at radius 3 is 2.58 bits per heavy atom. The van der Waals surface area contributed by atoms with Crippen LogP contribution in [0.2, 0.25) is 0 Å². The van der Waals surface area contributed by atoms with Crippen LogP contribution in [0, 0.1) is 0 Å². The molecule has 0 aliphatic heterocycles. The number of fused-ring (bicyclic) bond motifs is 1. The quantitative estimate of drug-likeness (QED) is 0.229. The molecular formula is C19H16N6O. The highest BCUT2D eigenvalue weighted by Crippen LogP contribution is 2.25. The third-order valence-electron chi connectivity index (χ3n) is 4.17. The van der Waals surface area contributed by atoms with Crippen molar-refractivity contribution < 1.29 is 5.21 Å². The van der Waals surface area contributed by atoms with Crippen LogP contribution in [-0.2, 0) is 0 Å². The fourth-order valence-electron chi connectivity index (χ4n) is 2.86. The van der Waals surface area contributed by atoms with Crippen molar-refractivity contribution in [3.05, 3.63) is 72.6 Å². The lowest BCUT2D eigenvalue weighted by Crippen LogP contribution is -2.12. The second kappa shape index (κ2) is 6.21. The van der Waals surface area contributed by atoms with Crippen molar-refractivity contribution in [3.63, 3.8) is 0 Å². The minimum atomic E-state index is 0.0750. The summed E-state index contributed by atoms with van der Waals surface area (Å²) in [6.07, 6.45) is 3.71. The van der Waals surface area contributed by atoms with Crippen LogP contribution < -0.4 is 11.5 Å². The van der Waals surface area contributed by atoms with Gasteiger partial charge in [0.2, 0.25) is 0 Å². The van der Waals surface area contributed by atoms with Crippen molar-refractivity contribution in [1.82, 2.24) is 14.8 Å². The molecule has 4 rings (SSSR count). The number of benzene rings is 2. The maximum atomic E-state index is 8.75. The van der Waals surface area contributed by atoms with Crippen LogP contribution >= 0.6 is 0 Å². The Morgan fingerprint density at radius 2 is 1.81 bits per heavy atom. The molecule has 2 heterocycles. The summed E-state index contributed by atoms with van der Waals surface area (Å²) >= 11 is 0. The Bertz CT molecular complexity index is 1110. The topological polar surface area (TPSA) is 115 Å². The predicted octanol–water partition coefficient (Wildman–Crippen LogP) is 2.76. The SMILES string of the molecule is N/C(=N\O)c1ccc(-c2cnn(-c3cc(N)nc4ccccc34)c2)cc1. The van der Waals surface area contributed by atoms with Gasteiger partial charge in [-0.15, -0.1) is 0 Å². The smallest absolute Gasteiger partial charge is 0.170 e. The molecule has 7 heteroatoms. The summed E-state index contributed by atoms with van der Waals surface area (Å²) in [5.74, 6) is 0.518. The molecule has 0 spiro atoms. The fraction of sp³-hybridized carbons (Fsp3) is 0. The van der Waals surface area contributed by atoms with E-state index in [1.54, 1.807) is 29.1 Å². The normalized spacial score (nSPS) is 11.8. The number of pyridine rings is 1.